The van der Waals surface area contributed by atoms with Gasteiger partial charge in [0.05, 0.1) is 6.10 Å². The molecule has 0 spiro atoms. The van der Waals surface area contributed by atoms with Gasteiger partial charge in [0.25, 0.3) is 0 Å². The number of rotatable bonds is 4. The zero-order valence-electron chi connectivity index (χ0n) is 13.0. The van der Waals surface area contributed by atoms with E-state index < -0.39 is 0 Å². The van der Waals surface area contributed by atoms with Gasteiger partial charge in [-0.25, -0.2) is 0 Å². The maximum absolute atomic E-state index is 12.3. The summed E-state index contributed by atoms with van der Waals surface area (Å²) >= 11 is 0. The number of aliphatic hydroxyl groups excluding tert-OH is 1. The van der Waals surface area contributed by atoms with Crippen molar-refractivity contribution < 1.29 is 19.4 Å². The lowest BCUT2D eigenvalue weighted by Crippen LogP contribution is -2.40. The molecule has 2 aliphatic heterocycles. The van der Waals surface area contributed by atoms with Crippen LogP contribution in [0, 0.1) is 5.92 Å². The van der Waals surface area contributed by atoms with Crippen LogP contribution in [0.1, 0.15) is 31.7 Å². The summed E-state index contributed by atoms with van der Waals surface area (Å²) in [6.45, 7) is 3.63. The van der Waals surface area contributed by atoms with Gasteiger partial charge in [-0.1, -0.05) is 6.07 Å². The summed E-state index contributed by atoms with van der Waals surface area (Å²) in [5.74, 6) is 2.07. The summed E-state index contributed by atoms with van der Waals surface area (Å²) in [6, 6.07) is 5.84. The Morgan fingerprint density at radius 2 is 2.05 bits per heavy atom. The fourth-order valence-corrected chi connectivity index (χ4v) is 3.14. The molecule has 1 unspecified atom stereocenters. The topological polar surface area (TPSA) is 59.0 Å². The molecular formula is C17H23NO4. The van der Waals surface area contributed by atoms with Crippen molar-refractivity contribution in [3.8, 4) is 11.5 Å². The number of hydrogen-bond donors (Lipinski definition) is 1. The van der Waals surface area contributed by atoms with Crippen molar-refractivity contribution in [2.24, 2.45) is 5.92 Å². The molecule has 1 saturated heterocycles. The van der Waals surface area contributed by atoms with Crippen molar-refractivity contribution >= 4 is 5.91 Å². The average Bonchev–Trinajstić information content (AvgIpc) is 3.00. The molecule has 1 amide bonds. The van der Waals surface area contributed by atoms with Crippen LogP contribution < -0.4 is 9.47 Å². The first-order valence-corrected chi connectivity index (χ1v) is 7.98. The first-order chi connectivity index (χ1) is 10.6. The van der Waals surface area contributed by atoms with Crippen LogP contribution in [-0.2, 0) is 11.2 Å². The molecule has 0 aromatic heterocycles. The van der Waals surface area contributed by atoms with Gasteiger partial charge < -0.3 is 19.5 Å². The van der Waals surface area contributed by atoms with Crippen molar-refractivity contribution in [3.63, 3.8) is 0 Å². The van der Waals surface area contributed by atoms with E-state index >= 15 is 0 Å². The number of ether oxygens (including phenoxy) is 2. The molecule has 22 heavy (non-hydrogen) atoms. The van der Waals surface area contributed by atoms with Crippen molar-refractivity contribution in [1.82, 2.24) is 4.90 Å². The Hall–Kier alpha value is -1.75. The molecule has 1 N–H and O–H groups in total. The number of amides is 1. The third-order valence-corrected chi connectivity index (χ3v) is 4.64. The van der Waals surface area contributed by atoms with Crippen molar-refractivity contribution in [3.05, 3.63) is 23.8 Å². The molecule has 1 fully saturated rings. The Bertz CT molecular complexity index is 535. The second kappa shape index (κ2) is 6.57. The van der Waals surface area contributed by atoms with Crippen LogP contribution in [0.3, 0.4) is 0 Å². The molecule has 120 valence electrons. The van der Waals surface area contributed by atoms with Gasteiger partial charge >= 0.3 is 0 Å². The predicted octanol–water partition coefficient (Wildman–Crippen LogP) is 1.97. The number of likely N-dealkylation sites (tertiary alicyclic amines) is 1. The third kappa shape index (κ3) is 3.35. The molecule has 3 rings (SSSR count). The smallest absolute Gasteiger partial charge is 0.231 e. The molecule has 1 aromatic rings. The highest BCUT2D eigenvalue weighted by molar-refractivity contribution is 5.76. The van der Waals surface area contributed by atoms with Gasteiger partial charge in [-0.05, 0) is 49.8 Å². The molecule has 5 heteroatoms. The van der Waals surface area contributed by atoms with Crippen molar-refractivity contribution in [2.45, 2.75) is 38.7 Å². The summed E-state index contributed by atoms with van der Waals surface area (Å²) in [6.07, 6.45) is 2.75. The highest BCUT2D eigenvalue weighted by atomic mass is 16.7. The summed E-state index contributed by atoms with van der Waals surface area (Å²) in [4.78, 5) is 14.2. The molecule has 5 nitrogen and oxygen atoms in total. The fraction of sp³-hybridized carbons (Fsp3) is 0.588. The largest absolute Gasteiger partial charge is 0.454 e. The lowest BCUT2D eigenvalue weighted by molar-refractivity contribution is -0.133. The van der Waals surface area contributed by atoms with Gasteiger partial charge in [0.15, 0.2) is 11.5 Å². The van der Waals surface area contributed by atoms with E-state index in [2.05, 4.69) is 0 Å². The fourth-order valence-electron chi connectivity index (χ4n) is 3.14. The molecule has 0 saturated carbocycles. The van der Waals surface area contributed by atoms with Crippen LogP contribution in [0.25, 0.3) is 0 Å². The number of fused-ring (bicyclic) bond motifs is 1. The van der Waals surface area contributed by atoms with Crippen LogP contribution in [0.15, 0.2) is 18.2 Å². The van der Waals surface area contributed by atoms with Gasteiger partial charge in [-0.3, -0.25) is 4.79 Å². The SMILES string of the molecule is CC(O)C1CCN(C(=O)CCc2ccc3c(c2)OCO3)CC1. The maximum atomic E-state index is 12.3. The van der Waals surface area contributed by atoms with Crippen LogP contribution in [0.4, 0.5) is 0 Å². The number of aryl methyl sites for hydroxylation is 1. The van der Waals surface area contributed by atoms with Crippen LogP contribution in [0.2, 0.25) is 0 Å². The Kier molecular flexibility index (Phi) is 4.52. The van der Waals surface area contributed by atoms with E-state index in [0.717, 1.165) is 43.0 Å². The standard InChI is InChI=1S/C17H23NO4/c1-12(19)14-6-8-18(9-7-14)17(20)5-3-13-2-4-15-16(10-13)22-11-21-15/h2,4,10,12,14,19H,3,5-9,11H2,1H3. The number of piperidine rings is 1. The summed E-state index contributed by atoms with van der Waals surface area (Å²) in [5, 5.41) is 9.61. The Labute approximate surface area is 130 Å². The molecule has 0 bridgehead atoms. The van der Waals surface area contributed by atoms with Crippen LogP contribution >= 0.6 is 0 Å². The molecule has 0 aliphatic carbocycles. The van der Waals surface area contributed by atoms with E-state index in [0.29, 0.717) is 18.8 Å². The molecule has 0 radical (unpaired) electrons. The number of aliphatic hydroxyl groups is 1. The summed E-state index contributed by atoms with van der Waals surface area (Å²) in [5.41, 5.74) is 1.09. The third-order valence-electron chi connectivity index (χ3n) is 4.64. The second-order valence-electron chi connectivity index (χ2n) is 6.15. The first kappa shape index (κ1) is 15.2. The van der Waals surface area contributed by atoms with Gasteiger partial charge in [-0.15, -0.1) is 0 Å². The van der Waals surface area contributed by atoms with Crippen LogP contribution in [-0.4, -0.2) is 41.9 Å². The highest BCUT2D eigenvalue weighted by Gasteiger charge is 2.25. The zero-order chi connectivity index (χ0) is 15.5. The van der Waals surface area contributed by atoms with E-state index in [4.69, 9.17) is 9.47 Å². The number of carbonyl (C=O) groups is 1. The number of nitrogens with zero attached hydrogens (tertiary/aromatic N) is 1. The minimum absolute atomic E-state index is 0.196. The summed E-state index contributed by atoms with van der Waals surface area (Å²) < 4.78 is 10.6. The van der Waals surface area contributed by atoms with E-state index in [1.165, 1.54) is 0 Å². The summed E-state index contributed by atoms with van der Waals surface area (Å²) in [7, 11) is 0. The molecule has 1 aromatic carbocycles. The number of benzene rings is 1. The normalized spacial score (nSPS) is 19.3. The molecular weight excluding hydrogens is 282 g/mol. The second-order valence-corrected chi connectivity index (χ2v) is 6.15. The zero-order valence-corrected chi connectivity index (χ0v) is 13.0. The van der Waals surface area contributed by atoms with Crippen molar-refractivity contribution in [2.75, 3.05) is 19.9 Å². The molecule has 2 heterocycles. The predicted molar refractivity (Wildman–Crippen MR) is 81.9 cm³/mol. The van der Waals surface area contributed by atoms with Gasteiger partial charge in [-0.2, -0.15) is 0 Å². The lowest BCUT2D eigenvalue weighted by atomic mass is 9.92. The average molecular weight is 305 g/mol. The highest BCUT2D eigenvalue weighted by Crippen LogP contribution is 2.32. The number of hydrogen-bond acceptors (Lipinski definition) is 4. The van der Waals surface area contributed by atoms with E-state index in [1.54, 1.807) is 0 Å². The maximum Gasteiger partial charge on any atom is 0.231 e. The van der Waals surface area contributed by atoms with Gasteiger partial charge in [0.2, 0.25) is 12.7 Å². The van der Waals surface area contributed by atoms with E-state index in [1.807, 2.05) is 30.0 Å². The Morgan fingerprint density at radius 1 is 1.32 bits per heavy atom. The monoisotopic (exact) mass is 305 g/mol. The van der Waals surface area contributed by atoms with Crippen molar-refractivity contribution in [1.29, 1.82) is 0 Å². The first-order valence-electron chi connectivity index (χ1n) is 7.98. The lowest BCUT2D eigenvalue weighted by Gasteiger charge is -2.33. The van der Waals surface area contributed by atoms with Crippen LogP contribution in [0.5, 0.6) is 11.5 Å². The van der Waals surface area contributed by atoms with E-state index in [9.17, 15) is 9.90 Å². The number of carbonyl (C=O) groups excluding carboxylic acids is 1. The minimum Gasteiger partial charge on any atom is -0.454 e. The Morgan fingerprint density at radius 3 is 2.77 bits per heavy atom. The quantitative estimate of drug-likeness (QED) is 0.924. The van der Waals surface area contributed by atoms with Gasteiger partial charge in [0.1, 0.15) is 0 Å². The van der Waals surface area contributed by atoms with E-state index in [-0.39, 0.29) is 18.8 Å². The molecule has 1 atom stereocenters. The molecule has 2 aliphatic rings. The van der Waals surface area contributed by atoms with Gasteiger partial charge in [0, 0.05) is 19.5 Å². The minimum atomic E-state index is -0.272. The Balaban J connectivity index is 1.48.